The van der Waals surface area contributed by atoms with Crippen molar-refractivity contribution < 1.29 is 0 Å². The average Bonchev–Trinajstić information content (AvgIpc) is 2.91. The molecule has 0 saturated heterocycles. The second-order valence-corrected chi connectivity index (χ2v) is 8.90. The summed E-state index contributed by atoms with van der Waals surface area (Å²) in [4.78, 5) is 0. The Morgan fingerprint density at radius 1 is 0.265 bits per heavy atom. The summed E-state index contributed by atoms with van der Waals surface area (Å²) in [5, 5.41) is 10.3. The molecule has 0 saturated carbocycles. The average molecular weight is 431 g/mol. The number of benzene rings is 7. The first kappa shape index (κ1) is 19.1. The third kappa shape index (κ3) is 2.79. The van der Waals surface area contributed by atoms with Gasteiger partial charge in [0.15, 0.2) is 0 Å². The summed E-state index contributed by atoms with van der Waals surface area (Å²) in [6, 6.07) is 48.5. The second-order valence-electron chi connectivity index (χ2n) is 8.90. The van der Waals surface area contributed by atoms with Gasteiger partial charge in [-0.1, -0.05) is 127 Å². The van der Waals surface area contributed by atoms with E-state index in [4.69, 9.17) is 0 Å². The van der Waals surface area contributed by atoms with Crippen LogP contribution < -0.4 is 0 Å². The summed E-state index contributed by atoms with van der Waals surface area (Å²) < 4.78 is 0. The van der Waals surface area contributed by atoms with Gasteiger partial charge in [-0.25, -0.2) is 0 Å². The molecule has 0 N–H and O–H groups in total. The Kier molecular flexibility index (Phi) is 4.25. The Morgan fingerprint density at radius 3 is 1.24 bits per heavy atom. The van der Waals surface area contributed by atoms with Crippen molar-refractivity contribution in [2.75, 3.05) is 0 Å². The Bertz CT molecular complexity index is 1790. The Hall–Kier alpha value is -4.42. The van der Waals surface area contributed by atoms with E-state index in [0.29, 0.717) is 0 Å². The van der Waals surface area contributed by atoms with Crippen LogP contribution in [-0.4, -0.2) is 0 Å². The van der Waals surface area contributed by atoms with Gasteiger partial charge in [0.1, 0.15) is 0 Å². The van der Waals surface area contributed by atoms with E-state index in [9.17, 15) is 0 Å². The van der Waals surface area contributed by atoms with Gasteiger partial charge in [0.05, 0.1) is 0 Å². The van der Waals surface area contributed by atoms with Gasteiger partial charge < -0.3 is 0 Å². The molecule has 0 heterocycles. The molecule has 0 aliphatic heterocycles. The number of rotatable bonds is 2. The van der Waals surface area contributed by atoms with E-state index in [-0.39, 0.29) is 0 Å². The molecule has 0 aliphatic rings. The third-order valence-electron chi connectivity index (χ3n) is 7.02. The summed E-state index contributed by atoms with van der Waals surface area (Å²) in [5.74, 6) is 0. The van der Waals surface area contributed by atoms with E-state index in [0.717, 1.165) is 0 Å². The molecule has 7 aromatic carbocycles. The van der Waals surface area contributed by atoms with Gasteiger partial charge in [-0.05, 0) is 71.4 Å². The summed E-state index contributed by atoms with van der Waals surface area (Å²) in [7, 11) is 0. The largest absolute Gasteiger partial charge is 0.0622 e. The van der Waals surface area contributed by atoms with Gasteiger partial charge in [-0.3, -0.25) is 0 Å². The van der Waals surface area contributed by atoms with Crippen LogP contribution in [0.25, 0.3) is 65.3 Å². The topological polar surface area (TPSA) is 0 Å². The van der Waals surface area contributed by atoms with Crippen molar-refractivity contribution >= 4 is 43.1 Å². The molecule has 0 unspecified atom stereocenters. The van der Waals surface area contributed by atoms with Gasteiger partial charge in [0, 0.05) is 0 Å². The molecular weight excluding hydrogens is 408 g/mol. The summed E-state index contributed by atoms with van der Waals surface area (Å²) in [6.07, 6.45) is 0. The highest BCUT2D eigenvalue weighted by Gasteiger charge is 2.20. The van der Waals surface area contributed by atoms with Crippen molar-refractivity contribution in [3.05, 3.63) is 133 Å². The summed E-state index contributed by atoms with van der Waals surface area (Å²) in [5.41, 5.74) is 5.18. The first-order chi connectivity index (χ1) is 16.9. The zero-order chi connectivity index (χ0) is 22.5. The zero-order valence-electron chi connectivity index (χ0n) is 18.7. The Labute approximate surface area is 198 Å². The molecule has 0 radical (unpaired) electrons. The van der Waals surface area contributed by atoms with E-state index in [1.54, 1.807) is 0 Å². The number of fused-ring (bicyclic) bond motifs is 5. The predicted molar refractivity (Wildman–Crippen MR) is 147 cm³/mol. The monoisotopic (exact) mass is 430 g/mol. The molecular formula is C34H22. The fourth-order valence-corrected chi connectivity index (χ4v) is 5.59. The first-order valence-corrected chi connectivity index (χ1v) is 11.8. The first-order valence-electron chi connectivity index (χ1n) is 11.8. The maximum absolute atomic E-state index is 2.32. The second kappa shape index (κ2) is 7.57. The maximum Gasteiger partial charge on any atom is -0.000787 e. The molecule has 0 amide bonds. The minimum absolute atomic E-state index is 1.25. The fourth-order valence-electron chi connectivity index (χ4n) is 5.59. The number of hydrogen-bond acceptors (Lipinski definition) is 0. The molecule has 0 fully saturated rings. The van der Waals surface area contributed by atoms with Gasteiger partial charge in [0.2, 0.25) is 0 Å². The third-order valence-corrected chi connectivity index (χ3v) is 7.02. The SMILES string of the molecule is c1ccc(-c2c(-c3c4ccccc4cc4ccccc34)c3ccccc3c3ccccc23)cc1. The van der Waals surface area contributed by atoms with E-state index in [2.05, 4.69) is 133 Å². The molecule has 0 atom stereocenters. The van der Waals surface area contributed by atoms with Crippen molar-refractivity contribution in [1.29, 1.82) is 0 Å². The van der Waals surface area contributed by atoms with Crippen LogP contribution >= 0.6 is 0 Å². The van der Waals surface area contributed by atoms with E-state index >= 15 is 0 Å². The van der Waals surface area contributed by atoms with Crippen molar-refractivity contribution in [2.45, 2.75) is 0 Å². The lowest BCUT2D eigenvalue weighted by atomic mass is 9.82. The lowest BCUT2D eigenvalue weighted by Crippen LogP contribution is -1.93. The molecule has 34 heavy (non-hydrogen) atoms. The zero-order valence-corrected chi connectivity index (χ0v) is 18.7. The quantitative estimate of drug-likeness (QED) is 0.189. The molecule has 0 nitrogen and oxygen atoms in total. The van der Waals surface area contributed by atoms with E-state index in [1.807, 2.05) is 0 Å². The Morgan fingerprint density at radius 2 is 0.676 bits per heavy atom. The van der Waals surface area contributed by atoms with Crippen molar-refractivity contribution in [1.82, 2.24) is 0 Å². The minimum Gasteiger partial charge on any atom is -0.0622 e. The molecule has 158 valence electrons. The smallest absolute Gasteiger partial charge is 0.000787 e. The molecule has 0 heteroatoms. The molecule has 0 aromatic heterocycles. The lowest BCUT2D eigenvalue weighted by molar-refractivity contribution is 1.65. The predicted octanol–water partition coefficient (Wildman–Crippen LogP) is 9.63. The van der Waals surface area contributed by atoms with E-state index < -0.39 is 0 Å². The highest BCUT2D eigenvalue weighted by molar-refractivity contribution is 6.27. The van der Waals surface area contributed by atoms with Crippen LogP contribution in [0.1, 0.15) is 0 Å². The van der Waals surface area contributed by atoms with Crippen molar-refractivity contribution in [2.24, 2.45) is 0 Å². The fraction of sp³-hybridized carbons (Fsp3) is 0. The molecule has 0 aliphatic carbocycles. The van der Waals surface area contributed by atoms with Gasteiger partial charge in [-0.2, -0.15) is 0 Å². The van der Waals surface area contributed by atoms with Gasteiger partial charge in [-0.15, -0.1) is 0 Å². The molecule has 0 spiro atoms. The highest BCUT2D eigenvalue weighted by atomic mass is 14.2. The molecule has 7 rings (SSSR count). The normalized spacial score (nSPS) is 11.5. The van der Waals surface area contributed by atoms with Crippen LogP contribution in [0.2, 0.25) is 0 Å². The van der Waals surface area contributed by atoms with Gasteiger partial charge >= 0.3 is 0 Å². The van der Waals surface area contributed by atoms with Crippen molar-refractivity contribution in [3.8, 4) is 22.3 Å². The van der Waals surface area contributed by atoms with E-state index in [1.165, 1.54) is 65.3 Å². The van der Waals surface area contributed by atoms with Crippen LogP contribution in [0, 0.1) is 0 Å². The summed E-state index contributed by atoms with van der Waals surface area (Å²) >= 11 is 0. The maximum atomic E-state index is 2.32. The number of hydrogen-bond donors (Lipinski definition) is 0. The highest BCUT2D eigenvalue weighted by Crippen LogP contribution is 2.48. The molecule has 7 aromatic rings. The minimum atomic E-state index is 1.25. The summed E-state index contributed by atoms with van der Waals surface area (Å²) in [6.45, 7) is 0. The molecule has 0 bridgehead atoms. The lowest BCUT2D eigenvalue weighted by Gasteiger charge is -2.21. The van der Waals surface area contributed by atoms with Crippen molar-refractivity contribution in [3.63, 3.8) is 0 Å². The standard InChI is InChI=1S/C34H22/c1-2-12-23(13-3-1)32-30-20-10-8-18-28(30)29-19-9-11-21-31(29)34(32)33-26-16-6-4-14-24(26)22-25-15-5-7-17-27(25)33/h1-22H. The van der Waals surface area contributed by atoms with Crippen LogP contribution in [0.4, 0.5) is 0 Å². The van der Waals surface area contributed by atoms with Crippen LogP contribution in [-0.2, 0) is 0 Å². The van der Waals surface area contributed by atoms with Crippen LogP contribution in [0.5, 0.6) is 0 Å². The van der Waals surface area contributed by atoms with Gasteiger partial charge in [0.25, 0.3) is 0 Å². The van der Waals surface area contributed by atoms with Crippen LogP contribution in [0.15, 0.2) is 133 Å². The Balaban J connectivity index is 1.82. The van der Waals surface area contributed by atoms with Crippen LogP contribution in [0.3, 0.4) is 0 Å².